The van der Waals surface area contributed by atoms with Crippen LogP contribution in [0, 0.1) is 11.3 Å². The monoisotopic (exact) mass is 272 g/mol. The van der Waals surface area contributed by atoms with Crippen LogP contribution in [0.2, 0.25) is 0 Å². The maximum Gasteiger partial charge on any atom is 0.235 e. The Morgan fingerprint density at radius 3 is 3.05 bits per heavy atom. The van der Waals surface area contributed by atoms with Gasteiger partial charge in [0.1, 0.15) is 5.82 Å². The molecule has 3 fully saturated rings. The van der Waals surface area contributed by atoms with Crippen molar-refractivity contribution < 1.29 is 9.53 Å². The van der Waals surface area contributed by atoms with Crippen molar-refractivity contribution in [3.8, 4) is 0 Å². The molecule has 1 aromatic heterocycles. The second kappa shape index (κ2) is 4.04. The van der Waals surface area contributed by atoms with Gasteiger partial charge in [-0.05, 0) is 43.7 Å². The summed E-state index contributed by atoms with van der Waals surface area (Å²) in [5, 5.41) is 3.08. The van der Waals surface area contributed by atoms with Crippen molar-refractivity contribution in [2.75, 3.05) is 11.9 Å². The molecule has 1 N–H and O–H groups in total. The first-order valence-corrected chi connectivity index (χ1v) is 7.61. The molecule has 0 bridgehead atoms. The molecule has 4 heteroatoms. The molecule has 1 saturated heterocycles. The first-order chi connectivity index (χ1) is 9.72. The number of carbonyl (C=O) groups excluding carboxylic acids is 1. The molecular formula is C16H20N2O2. The van der Waals surface area contributed by atoms with Gasteiger partial charge in [0, 0.05) is 12.1 Å². The molecule has 0 aromatic carbocycles. The van der Waals surface area contributed by atoms with Crippen molar-refractivity contribution in [1.29, 1.82) is 0 Å². The summed E-state index contributed by atoms with van der Waals surface area (Å²) in [6.07, 6.45) is 6.88. The minimum atomic E-state index is -0.256. The molecule has 2 heterocycles. The molecule has 1 aromatic rings. The summed E-state index contributed by atoms with van der Waals surface area (Å²) in [4.78, 5) is 17.2. The van der Waals surface area contributed by atoms with Crippen LogP contribution in [-0.4, -0.2) is 23.1 Å². The summed E-state index contributed by atoms with van der Waals surface area (Å²) in [6.45, 7) is 2.84. The van der Waals surface area contributed by atoms with Crippen LogP contribution >= 0.6 is 0 Å². The number of anilines is 1. The van der Waals surface area contributed by atoms with Crippen molar-refractivity contribution >= 4 is 11.7 Å². The number of rotatable bonds is 3. The maximum absolute atomic E-state index is 12.8. The molecule has 106 valence electrons. The number of aromatic nitrogens is 1. The van der Waals surface area contributed by atoms with E-state index in [-0.39, 0.29) is 16.9 Å². The van der Waals surface area contributed by atoms with E-state index in [1.165, 1.54) is 6.42 Å². The van der Waals surface area contributed by atoms with Gasteiger partial charge in [-0.15, -0.1) is 0 Å². The Balaban J connectivity index is 1.60. The molecule has 0 radical (unpaired) electrons. The van der Waals surface area contributed by atoms with E-state index in [9.17, 15) is 4.79 Å². The molecule has 4 nitrogen and oxygen atoms in total. The minimum Gasteiger partial charge on any atom is -0.374 e. The number of nitrogens with zero attached hydrogens (tertiary/aromatic N) is 1. The predicted molar refractivity (Wildman–Crippen MR) is 75.3 cm³/mol. The van der Waals surface area contributed by atoms with Crippen LogP contribution < -0.4 is 5.32 Å². The van der Waals surface area contributed by atoms with Crippen molar-refractivity contribution in [2.24, 2.45) is 11.3 Å². The number of nitrogens with one attached hydrogen (secondary N) is 1. The maximum atomic E-state index is 12.8. The van der Waals surface area contributed by atoms with Crippen LogP contribution in [0.15, 0.2) is 18.3 Å². The fourth-order valence-corrected chi connectivity index (χ4v) is 4.11. The van der Waals surface area contributed by atoms with Crippen molar-refractivity contribution in [3.05, 3.63) is 23.9 Å². The SMILES string of the molecule is CCc1cccnc1NC(=O)[C@]12C[C@H]1COC21CCC1. The molecule has 1 spiro atoms. The van der Waals surface area contributed by atoms with Crippen LogP contribution in [-0.2, 0) is 16.0 Å². The summed E-state index contributed by atoms with van der Waals surface area (Å²) in [5.74, 6) is 1.28. The first-order valence-electron chi connectivity index (χ1n) is 7.61. The van der Waals surface area contributed by atoms with E-state index in [0.717, 1.165) is 43.7 Å². The zero-order valence-corrected chi connectivity index (χ0v) is 11.8. The Labute approximate surface area is 118 Å². The van der Waals surface area contributed by atoms with Crippen molar-refractivity contribution in [2.45, 2.75) is 44.6 Å². The zero-order valence-electron chi connectivity index (χ0n) is 11.8. The van der Waals surface area contributed by atoms with Crippen molar-refractivity contribution in [3.63, 3.8) is 0 Å². The molecule has 0 unspecified atom stereocenters. The summed E-state index contributed by atoms with van der Waals surface area (Å²) < 4.78 is 5.98. The van der Waals surface area contributed by atoms with Crippen LogP contribution in [0.4, 0.5) is 5.82 Å². The van der Waals surface area contributed by atoms with Crippen LogP contribution in [0.25, 0.3) is 0 Å². The molecular weight excluding hydrogens is 252 g/mol. The topological polar surface area (TPSA) is 51.2 Å². The van der Waals surface area contributed by atoms with Gasteiger partial charge in [-0.25, -0.2) is 4.98 Å². The Kier molecular flexibility index (Phi) is 2.49. The highest BCUT2D eigenvalue weighted by atomic mass is 16.5. The van der Waals surface area contributed by atoms with E-state index < -0.39 is 0 Å². The summed E-state index contributed by atoms with van der Waals surface area (Å²) in [6, 6.07) is 3.94. The highest BCUT2D eigenvalue weighted by Gasteiger charge is 2.77. The largest absolute Gasteiger partial charge is 0.374 e. The number of hydrogen-bond donors (Lipinski definition) is 1. The Bertz CT molecular complexity index is 567. The Morgan fingerprint density at radius 1 is 1.55 bits per heavy atom. The van der Waals surface area contributed by atoms with Gasteiger partial charge in [0.25, 0.3) is 0 Å². The second-order valence-corrected chi connectivity index (χ2v) is 6.35. The third-order valence-electron chi connectivity index (χ3n) is 5.55. The number of hydrogen-bond acceptors (Lipinski definition) is 3. The lowest BCUT2D eigenvalue weighted by Crippen LogP contribution is -2.51. The fraction of sp³-hybridized carbons (Fsp3) is 0.625. The van der Waals surface area contributed by atoms with E-state index >= 15 is 0 Å². The summed E-state index contributed by atoms with van der Waals surface area (Å²) in [7, 11) is 0. The number of ether oxygens (including phenoxy) is 1. The van der Waals surface area contributed by atoms with Gasteiger partial charge in [-0.1, -0.05) is 13.0 Å². The first kappa shape index (κ1) is 12.3. The summed E-state index contributed by atoms with van der Waals surface area (Å²) in [5.41, 5.74) is 0.687. The number of aryl methyl sites for hydroxylation is 1. The quantitative estimate of drug-likeness (QED) is 0.920. The van der Waals surface area contributed by atoms with Crippen LogP contribution in [0.5, 0.6) is 0 Å². The molecule has 1 aliphatic heterocycles. The lowest BCUT2D eigenvalue weighted by atomic mass is 9.68. The number of fused-ring (bicyclic) bond motifs is 2. The zero-order chi connectivity index (χ0) is 13.8. The third kappa shape index (κ3) is 1.40. The Morgan fingerprint density at radius 2 is 2.40 bits per heavy atom. The average Bonchev–Trinajstić information content (AvgIpc) is 3.06. The fourth-order valence-electron chi connectivity index (χ4n) is 4.11. The molecule has 1 amide bonds. The number of amides is 1. The van der Waals surface area contributed by atoms with Gasteiger partial charge in [0.15, 0.2) is 0 Å². The van der Waals surface area contributed by atoms with Gasteiger partial charge in [0.05, 0.1) is 17.6 Å². The highest BCUT2D eigenvalue weighted by molar-refractivity contribution is 5.99. The smallest absolute Gasteiger partial charge is 0.235 e. The standard InChI is InChI=1S/C16H20N2O2/c1-2-11-5-3-8-17-13(11)18-14(19)16-9-12(16)10-20-15(16)6-4-7-15/h3,5,8,12H,2,4,6-7,9-10H2,1H3,(H,17,18,19)/t12-,16-/m0/s1. The number of carbonyl (C=O) groups is 1. The molecule has 2 aliphatic carbocycles. The molecule has 2 saturated carbocycles. The highest BCUT2D eigenvalue weighted by Crippen LogP contribution is 2.71. The number of pyridine rings is 1. The van der Waals surface area contributed by atoms with Gasteiger partial charge < -0.3 is 10.1 Å². The lowest BCUT2D eigenvalue weighted by Gasteiger charge is -2.44. The molecule has 20 heavy (non-hydrogen) atoms. The van der Waals surface area contributed by atoms with E-state index in [4.69, 9.17) is 4.74 Å². The van der Waals surface area contributed by atoms with E-state index in [1.54, 1.807) is 6.20 Å². The van der Waals surface area contributed by atoms with Gasteiger partial charge >= 0.3 is 0 Å². The van der Waals surface area contributed by atoms with Gasteiger partial charge in [-0.2, -0.15) is 0 Å². The van der Waals surface area contributed by atoms with Gasteiger partial charge in [-0.3, -0.25) is 4.79 Å². The van der Waals surface area contributed by atoms with Crippen molar-refractivity contribution in [1.82, 2.24) is 4.98 Å². The van der Waals surface area contributed by atoms with Crippen LogP contribution in [0.1, 0.15) is 38.2 Å². The Hall–Kier alpha value is -1.42. The molecule has 4 rings (SSSR count). The van der Waals surface area contributed by atoms with Gasteiger partial charge in [0.2, 0.25) is 5.91 Å². The third-order valence-corrected chi connectivity index (χ3v) is 5.55. The predicted octanol–water partition coefficient (Wildman–Crippen LogP) is 2.54. The average molecular weight is 272 g/mol. The molecule has 3 aliphatic rings. The second-order valence-electron chi connectivity index (χ2n) is 6.35. The lowest BCUT2D eigenvalue weighted by molar-refractivity contribution is -0.144. The normalized spacial score (nSPS) is 32.5. The molecule has 2 atom stereocenters. The van der Waals surface area contributed by atoms with E-state index in [1.807, 2.05) is 12.1 Å². The summed E-state index contributed by atoms with van der Waals surface area (Å²) >= 11 is 0. The van der Waals surface area contributed by atoms with Crippen LogP contribution in [0.3, 0.4) is 0 Å². The minimum absolute atomic E-state index is 0.133. The van der Waals surface area contributed by atoms with E-state index in [0.29, 0.717) is 5.92 Å². The van der Waals surface area contributed by atoms with E-state index in [2.05, 4.69) is 17.2 Å².